The van der Waals surface area contributed by atoms with E-state index < -0.39 is 5.38 Å². The van der Waals surface area contributed by atoms with Crippen LogP contribution in [0.15, 0.2) is 60.7 Å². The maximum Gasteiger partial charge on any atom is 0.245 e. The van der Waals surface area contributed by atoms with Gasteiger partial charge in [0, 0.05) is 38.3 Å². The number of piperazine rings is 1. The smallest absolute Gasteiger partial charge is 0.245 e. The number of para-hydroxylation sites is 1. The fourth-order valence-corrected chi connectivity index (χ4v) is 5.15. The van der Waals surface area contributed by atoms with Crippen LogP contribution in [0.3, 0.4) is 0 Å². The minimum Gasteiger partial charge on any atom is -0.354 e. The summed E-state index contributed by atoms with van der Waals surface area (Å²) < 4.78 is 2.06. The number of hydrogen-bond acceptors (Lipinski definition) is 4. The molecule has 6 nitrogen and oxygen atoms in total. The third-order valence-electron chi connectivity index (χ3n) is 6.83. The highest BCUT2D eigenvalue weighted by Crippen LogP contribution is 2.31. The molecule has 192 valence electrons. The molecule has 0 unspecified atom stereocenters. The zero-order valence-electron chi connectivity index (χ0n) is 21.9. The third-order valence-corrected chi connectivity index (χ3v) is 7.27. The zero-order valence-corrected chi connectivity index (χ0v) is 22.7. The number of carbonyl (C=O) groups excluding carboxylic acids is 1. The molecule has 1 saturated heterocycles. The molecule has 0 radical (unpaired) electrons. The van der Waals surface area contributed by atoms with Gasteiger partial charge in [0.25, 0.3) is 0 Å². The molecule has 7 heteroatoms. The molecule has 3 aromatic rings. The molecule has 0 aliphatic carbocycles. The van der Waals surface area contributed by atoms with E-state index in [1.807, 2.05) is 60.4 Å². The summed E-state index contributed by atoms with van der Waals surface area (Å²) in [6.45, 7) is 14.6. The summed E-state index contributed by atoms with van der Waals surface area (Å²) >= 11 is 6.73. The van der Waals surface area contributed by atoms with Crippen molar-refractivity contribution in [3.05, 3.63) is 77.5 Å². The molecule has 0 spiro atoms. The van der Waals surface area contributed by atoms with E-state index in [1.54, 1.807) is 0 Å². The fraction of sp³-hybridized carbons (Fsp3) is 0.448. The van der Waals surface area contributed by atoms with E-state index >= 15 is 0 Å². The van der Waals surface area contributed by atoms with Crippen LogP contribution in [-0.4, -0.2) is 64.8 Å². The number of aryl methyl sites for hydroxylation is 1. The fourth-order valence-electron chi connectivity index (χ4n) is 4.87. The maximum atomic E-state index is 13.7. The van der Waals surface area contributed by atoms with Gasteiger partial charge in [-0.1, -0.05) is 69.3 Å². The normalized spacial score (nSPS) is 15.3. The van der Waals surface area contributed by atoms with Crippen molar-refractivity contribution >= 4 is 23.3 Å². The van der Waals surface area contributed by atoms with E-state index in [2.05, 4.69) is 47.4 Å². The van der Waals surface area contributed by atoms with Crippen LogP contribution in [0.2, 0.25) is 0 Å². The minimum atomic E-state index is -0.717. The molecule has 1 aromatic heterocycles. The number of rotatable bonds is 9. The van der Waals surface area contributed by atoms with Crippen molar-refractivity contribution in [1.29, 1.82) is 0 Å². The van der Waals surface area contributed by atoms with Gasteiger partial charge in [-0.2, -0.15) is 5.10 Å². The Hall–Kier alpha value is -2.83. The average Bonchev–Trinajstić information content (AvgIpc) is 3.23. The Kier molecular flexibility index (Phi) is 8.70. The standard InChI is InChI=1S/C29H38ClN5O/c1-5-32-16-18-33(19-17-32)28-26(23(4)31-35(28)25-14-10-7-11-15-25)21-34(20-22(2)3)29(36)27(30)24-12-8-6-9-13-24/h6-15,22,27H,5,16-21H2,1-4H3/t27-/m1/s1. The van der Waals surface area contributed by atoms with E-state index in [0.29, 0.717) is 19.0 Å². The molecule has 2 heterocycles. The van der Waals surface area contributed by atoms with E-state index in [1.165, 1.54) is 0 Å². The first-order valence-electron chi connectivity index (χ1n) is 13.0. The van der Waals surface area contributed by atoms with Gasteiger partial charge in [-0.05, 0) is 37.1 Å². The summed E-state index contributed by atoms with van der Waals surface area (Å²) in [6, 6.07) is 19.9. The summed E-state index contributed by atoms with van der Waals surface area (Å²) in [7, 11) is 0. The number of carbonyl (C=O) groups is 1. The number of aromatic nitrogens is 2. The largest absolute Gasteiger partial charge is 0.354 e. The molecule has 1 atom stereocenters. The van der Waals surface area contributed by atoms with Crippen LogP contribution in [0.4, 0.5) is 5.82 Å². The van der Waals surface area contributed by atoms with E-state index in [-0.39, 0.29) is 5.91 Å². The van der Waals surface area contributed by atoms with Crippen molar-refractivity contribution < 1.29 is 4.79 Å². The highest BCUT2D eigenvalue weighted by Gasteiger charge is 2.30. The second kappa shape index (κ2) is 11.9. The SMILES string of the molecule is CCN1CCN(c2c(CN(CC(C)C)C(=O)[C@H](Cl)c3ccccc3)c(C)nn2-c2ccccc2)CC1. The van der Waals surface area contributed by atoms with Crippen molar-refractivity contribution in [2.24, 2.45) is 5.92 Å². The van der Waals surface area contributed by atoms with E-state index in [9.17, 15) is 4.79 Å². The number of halogens is 1. The predicted molar refractivity (Wildman–Crippen MR) is 148 cm³/mol. The Balaban J connectivity index is 1.71. The summed E-state index contributed by atoms with van der Waals surface area (Å²) in [5.41, 5.74) is 3.89. The number of hydrogen-bond donors (Lipinski definition) is 0. The van der Waals surface area contributed by atoms with Gasteiger partial charge in [0.05, 0.1) is 17.9 Å². The van der Waals surface area contributed by atoms with Crippen molar-refractivity contribution in [1.82, 2.24) is 19.6 Å². The van der Waals surface area contributed by atoms with Gasteiger partial charge in [-0.25, -0.2) is 4.68 Å². The lowest BCUT2D eigenvalue weighted by atomic mass is 10.1. The second-order valence-corrected chi connectivity index (χ2v) is 10.4. The van der Waals surface area contributed by atoms with Gasteiger partial charge >= 0.3 is 0 Å². The van der Waals surface area contributed by atoms with Crippen LogP contribution in [0.5, 0.6) is 0 Å². The molecule has 4 rings (SSSR count). The Morgan fingerprint density at radius 2 is 1.61 bits per heavy atom. The van der Waals surface area contributed by atoms with Crippen molar-refractivity contribution in [3.8, 4) is 5.69 Å². The minimum absolute atomic E-state index is 0.0646. The second-order valence-electron chi connectivity index (χ2n) is 9.94. The molecule has 1 amide bonds. The maximum absolute atomic E-state index is 13.7. The topological polar surface area (TPSA) is 44.6 Å². The molecule has 36 heavy (non-hydrogen) atoms. The first kappa shape index (κ1) is 26.2. The van der Waals surface area contributed by atoms with Crippen molar-refractivity contribution in [2.45, 2.75) is 39.6 Å². The number of likely N-dealkylation sites (N-methyl/N-ethyl adjacent to an activating group) is 1. The lowest BCUT2D eigenvalue weighted by Crippen LogP contribution is -2.47. The summed E-state index contributed by atoms with van der Waals surface area (Å²) in [4.78, 5) is 20.5. The van der Waals surface area contributed by atoms with Crippen LogP contribution in [0, 0.1) is 12.8 Å². The van der Waals surface area contributed by atoms with Crippen LogP contribution >= 0.6 is 11.6 Å². The molecule has 0 N–H and O–H groups in total. The Labute approximate surface area is 220 Å². The van der Waals surface area contributed by atoms with E-state index in [0.717, 1.165) is 61.0 Å². The molecule has 0 bridgehead atoms. The van der Waals surface area contributed by atoms with Gasteiger partial charge in [0.15, 0.2) is 0 Å². The Morgan fingerprint density at radius 1 is 1.00 bits per heavy atom. The Morgan fingerprint density at radius 3 is 2.19 bits per heavy atom. The summed E-state index contributed by atoms with van der Waals surface area (Å²) in [5.74, 6) is 1.33. The summed E-state index contributed by atoms with van der Waals surface area (Å²) in [6.07, 6.45) is 0. The third kappa shape index (κ3) is 5.93. The first-order valence-corrected chi connectivity index (χ1v) is 13.4. The quantitative estimate of drug-likeness (QED) is 0.369. The zero-order chi connectivity index (χ0) is 25.7. The highest BCUT2D eigenvalue weighted by atomic mass is 35.5. The van der Waals surface area contributed by atoms with Gasteiger partial charge in [0.1, 0.15) is 11.2 Å². The predicted octanol–water partition coefficient (Wildman–Crippen LogP) is 5.29. The average molecular weight is 508 g/mol. The number of amides is 1. The van der Waals surface area contributed by atoms with Crippen LogP contribution in [-0.2, 0) is 11.3 Å². The molecular formula is C29H38ClN5O. The van der Waals surface area contributed by atoms with Gasteiger partial charge < -0.3 is 14.7 Å². The van der Waals surface area contributed by atoms with Crippen molar-refractivity contribution in [2.75, 3.05) is 44.2 Å². The highest BCUT2D eigenvalue weighted by molar-refractivity contribution is 6.30. The van der Waals surface area contributed by atoms with Crippen molar-refractivity contribution in [3.63, 3.8) is 0 Å². The molecular weight excluding hydrogens is 470 g/mol. The monoisotopic (exact) mass is 507 g/mol. The Bertz CT molecular complexity index is 1120. The number of benzene rings is 2. The van der Waals surface area contributed by atoms with Crippen LogP contribution < -0.4 is 4.90 Å². The molecule has 1 fully saturated rings. The summed E-state index contributed by atoms with van der Waals surface area (Å²) in [5, 5.41) is 4.26. The van der Waals surface area contributed by atoms with E-state index in [4.69, 9.17) is 16.7 Å². The van der Waals surface area contributed by atoms with Gasteiger partial charge in [0.2, 0.25) is 5.91 Å². The molecule has 0 saturated carbocycles. The lowest BCUT2D eigenvalue weighted by Gasteiger charge is -2.36. The van der Waals surface area contributed by atoms with Gasteiger partial charge in [-0.15, -0.1) is 11.6 Å². The van der Waals surface area contributed by atoms with Crippen LogP contribution in [0.1, 0.15) is 43.0 Å². The number of alkyl halides is 1. The van der Waals surface area contributed by atoms with Gasteiger partial charge in [-0.3, -0.25) is 4.79 Å². The molecule has 1 aliphatic heterocycles. The lowest BCUT2D eigenvalue weighted by molar-refractivity contribution is -0.132. The number of anilines is 1. The molecule has 1 aliphatic rings. The molecule has 2 aromatic carbocycles. The number of nitrogens with zero attached hydrogens (tertiary/aromatic N) is 5. The first-order chi connectivity index (χ1) is 17.4. The van der Waals surface area contributed by atoms with Crippen LogP contribution in [0.25, 0.3) is 5.69 Å².